The molecule has 0 bridgehead atoms. The van der Waals surface area contributed by atoms with Crippen LogP contribution in [0.3, 0.4) is 0 Å². The highest BCUT2D eigenvalue weighted by atomic mass is 35.5. The van der Waals surface area contributed by atoms with E-state index in [4.69, 9.17) is 11.6 Å². The second kappa shape index (κ2) is 7.89. The van der Waals surface area contributed by atoms with Gasteiger partial charge in [-0.25, -0.2) is 9.67 Å². The SMILES string of the molecule is Cc1c(Cl)cccc1NCC(=O)Nc1cc(C(F)(F)F)ccc1-n1cncn1. The molecule has 1 amide bonds. The van der Waals surface area contributed by atoms with E-state index in [1.54, 1.807) is 25.1 Å². The van der Waals surface area contributed by atoms with Gasteiger partial charge in [0.15, 0.2) is 0 Å². The van der Waals surface area contributed by atoms with Crippen molar-refractivity contribution < 1.29 is 18.0 Å². The number of anilines is 2. The number of nitrogens with zero attached hydrogens (tertiary/aromatic N) is 3. The number of nitrogens with one attached hydrogen (secondary N) is 2. The second-order valence-corrected chi connectivity index (χ2v) is 6.29. The summed E-state index contributed by atoms with van der Waals surface area (Å²) in [6.07, 6.45) is -1.98. The zero-order chi connectivity index (χ0) is 20.3. The predicted molar refractivity (Wildman–Crippen MR) is 99.7 cm³/mol. The van der Waals surface area contributed by atoms with Crippen LogP contribution in [0.5, 0.6) is 0 Å². The van der Waals surface area contributed by atoms with Gasteiger partial charge in [0.2, 0.25) is 5.91 Å². The van der Waals surface area contributed by atoms with Crippen molar-refractivity contribution in [1.29, 1.82) is 0 Å². The molecular formula is C18H15ClF3N5O. The summed E-state index contributed by atoms with van der Waals surface area (Å²) in [6, 6.07) is 8.20. The number of carbonyl (C=O) groups is 1. The highest BCUT2D eigenvalue weighted by Gasteiger charge is 2.31. The molecule has 0 atom stereocenters. The first kappa shape index (κ1) is 19.7. The van der Waals surface area contributed by atoms with Crippen molar-refractivity contribution in [3.05, 3.63) is 65.2 Å². The van der Waals surface area contributed by atoms with Gasteiger partial charge in [-0.2, -0.15) is 18.3 Å². The number of aromatic nitrogens is 3. The molecule has 0 saturated carbocycles. The van der Waals surface area contributed by atoms with E-state index < -0.39 is 17.6 Å². The number of hydrogen-bond donors (Lipinski definition) is 2. The lowest BCUT2D eigenvalue weighted by Crippen LogP contribution is -2.23. The summed E-state index contributed by atoms with van der Waals surface area (Å²) in [5.74, 6) is -0.528. The Balaban J connectivity index is 1.81. The Morgan fingerprint density at radius 3 is 2.68 bits per heavy atom. The maximum atomic E-state index is 13.1. The Morgan fingerprint density at radius 2 is 2.00 bits per heavy atom. The van der Waals surface area contributed by atoms with Crippen molar-refractivity contribution in [2.45, 2.75) is 13.1 Å². The molecule has 6 nitrogen and oxygen atoms in total. The van der Waals surface area contributed by atoms with Crippen LogP contribution in [0, 0.1) is 6.92 Å². The topological polar surface area (TPSA) is 71.8 Å². The third kappa shape index (κ3) is 4.42. The number of carbonyl (C=O) groups excluding carboxylic acids is 1. The average molecular weight is 410 g/mol. The molecule has 0 spiro atoms. The lowest BCUT2D eigenvalue weighted by atomic mass is 10.1. The quantitative estimate of drug-likeness (QED) is 0.659. The second-order valence-electron chi connectivity index (χ2n) is 5.88. The fourth-order valence-electron chi connectivity index (χ4n) is 2.51. The number of halogens is 4. The van der Waals surface area contributed by atoms with Crippen LogP contribution < -0.4 is 10.6 Å². The van der Waals surface area contributed by atoms with Crippen molar-refractivity contribution in [1.82, 2.24) is 14.8 Å². The maximum absolute atomic E-state index is 13.1. The van der Waals surface area contributed by atoms with Crippen LogP contribution in [0.2, 0.25) is 5.02 Å². The average Bonchev–Trinajstić information content (AvgIpc) is 3.16. The van der Waals surface area contributed by atoms with Crippen molar-refractivity contribution in [2.24, 2.45) is 0 Å². The van der Waals surface area contributed by atoms with Crippen LogP contribution in [0.4, 0.5) is 24.5 Å². The number of rotatable bonds is 5. The number of hydrogen-bond acceptors (Lipinski definition) is 4. The van der Waals surface area contributed by atoms with Crippen molar-refractivity contribution >= 4 is 28.9 Å². The van der Waals surface area contributed by atoms with Gasteiger partial charge < -0.3 is 10.6 Å². The molecule has 1 aromatic heterocycles. The fourth-order valence-corrected chi connectivity index (χ4v) is 2.69. The Bertz CT molecular complexity index is 989. The van der Waals surface area contributed by atoms with E-state index in [1.807, 2.05) is 0 Å². The Hall–Kier alpha value is -3.07. The minimum atomic E-state index is -4.55. The van der Waals surface area contributed by atoms with E-state index in [2.05, 4.69) is 20.7 Å². The van der Waals surface area contributed by atoms with E-state index in [0.29, 0.717) is 10.7 Å². The molecule has 0 aliphatic heterocycles. The Kier molecular flexibility index (Phi) is 5.55. The lowest BCUT2D eigenvalue weighted by molar-refractivity contribution is -0.137. The summed E-state index contributed by atoms with van der Waals surface area (Å²) in [5, 5.41) is 9.85. The summed E-state index contributed by atoms with van der Waals surface area (Å²) in [7, 11) is 0. The first-order valence-corrected chi connectivity index (χ1v) is 8.48. The van der Waals surface area contributed by atoms with E-state index in [1.165, 1.54) is 23.4 Å². The third-order valence-corrected chi connectivity index (χ3v) is 4.38. The largest absolute Gasteiger partial charge is 0.416 e. The van der Waals surface area contributed by atoms with Crippen molar-refractivity contribution in [2.75, 3.05) is 17.2 Å². The lowest BCUT2D eigenvalue weighted by Gasteiger charge is -2.15. The standard InChI is InChI=1S/C18H15ClF3N5O/c1-11-13(19)3-2-4-14(11)24-8-17(28)26-15-7-12(18(20,21)22)5-6-16(15)27-10-23-9-25-27/h2-7,9-10,24H,8H2,1H3,(H,26,28). The predicted octanol–water partition coefficient (Wildman–Crippen LogP) is 4.30. The van der Waals surface area contributed by atoms with E-state index in [9.17, 15) is 18.0 Å². The summed E-state index contributed by atoms with van der Waals surface area (Å²) in [6.45, 7) is 1.63. The molecule has 2 N–H and O–H groups in total. The third-order valence-electron chi connectivity index (χ3n) is 3.97. The van der Waals surface area contributed by atoms with E-state index in [-0.39, 0.29) is 17.9 Å². The molecule has 0 radical (unpaired) electrons. The molecule has 28 heavy (non-hydrogen) atoms. The van der Waals surface area contributed by atoms with Gasteiger partial charge in [-0.3, -0.25) is 4.79 Å². The molecule has 3 aromatic rings. The molecule has 0 aliphatic rings. The molecule has 0 unspecified atom stereocenters. The molecule has 2 aromatic carbocycles. The van der Waals surface area contributed by atoms with Crippen LogP contribution in [-0.4, -0.2) is 27.2 Å². The Labute approximate surface area is 163 Å². The summed E-state index contributed by atoms with van der Waals surface area (Å²) in [4.78, 5) is 16.1. The molecule has 3 rings (SSSR count). The first-order chi connectivity index (χ1) is 13.3. The zero-order valence-electron chi connectivity index (χ0n) is 14.6. The Morgan fingerprint density at radius 1 is 1.21 bits per heavy atom. The van der Waals surface area contributed by atoms with E-state index >= 15 is 0 Å². The van der Waals surface area contributed by atoms with Crippen LogP contribution in [0.1, 0.15) is 11.1 Å². The van der Waals surface area contributed by atoms with Crippen LogP contribution >= 0.6 is 11.6 Å². The van der Waals surface area contributed by atoms with Crippen molar-refractivity contribution in [3.63, 3.8) is 0 Å². The number of amides is 1. The summed E-state index contributed by atoms with van der Waals surface area (Å²) < 4.78 is 40.4. The highest BCUT2D eigenvalue weighted by Crippen LogP contribution is 2.33. The van der Waals surface area contributed by atoms with E-state index in [0.717, 1.165) is 17.7 Å². The van der Waals surface area contributed by atoms with Gasteiger partial charge in [-0.1, -0.05) is 17.7 Å². The monoisotopic (exact) mass is 409 g/mol. The molecule has 146 valence electrons. The molecule has 10 heteroatoms. The minimum absolute atomic E-state index is 0.0325. The van der Waals surface area contributed by atoms with Gasteiger partial charge in [-0.05, 0) is 42.8 Å². The highest BCUT2D eigenvalue weighted by molar-refractivity contribution is 6.31. The number of benzene rings is 2. The first-order valence-electron chi connectivity index (χ1n) is 8.11. The summed E-state index contributed by atoms with van der Waals surface area (Å²) in [5.41, 5.74) is 0.764. The van der Waals surface area contributed by atoms with Gasteiger partial charge in [0.25, 0.3) is 0 Å². The van der Waals surface area contributed by atoms with Crippen molar-refractivity contribution in [3.8, 4) is 5.69 Å². The van der Waals surface area contributed by atoms with Crippen LogP contribution in [0.25, 0.3) is 5.69 Å². The molecule has 0 saturated heterocycles. The number of alkyl halides is 3. The van der Waals surface area contributed by atoms with Gasteiger partial charge in [-0.15, -0.1) is 0 Å². The van der Waals surface area contributed by atoms with Gasteiger partial charge >= 0.3 is 6.18 Å². The maximum Gasteiger partial charge on any atom is 0.416 e. The smallest absolute Gasteiger partial charge is 0.376 e. The fraction of sp³-hybridized carbons (Fsp3) is 0.167. The van der Waals surface area contributed by atoms with Gasteiger partial charge in [0, 0.05) is 10.7 Å². The van der Waals surface area contributed by atoms with Gasteiger partial charge in [0.05, 0.1) is 23.5 Å². The van der Waals surface area contributed by atoms with Crippen LogP contribution in [-0.2, 0) is 11.0 Å². The molecule has 0 fully saturated rings. The normalized spacial score (nSPS) is 11.3. The zero-order valence-corrected chi connectivity index (χ0v) is 15.3. The summed E-state index contributed by atoms with van der Waals surface area (Å²) >= 11 is 6.03. The molecular weight excluding hydrogens is 395 g/mol. The minimum Gasteiger partial charge on any atom is -0.376 e. The van der Waals surface area contributed by atoms with Crippen LogP contribution in [0.15, 0.2) is 49.1 Å². The molecule has 0 aliphatic carbocycles. The molecule has 1 heterocycles. The van der Waals surface area contributed by atoms with Gasteiger partial charge in [0.1, 0.15) is 12.7 Å².